The first-order valence-electron chi connectivity index (χ1n) is 7.43. The van der Waals surface area contributed by atoms with Gasteiger partial charge in [0.05, 0.1) is 16.6 Å². The third kappa shape index (κ3) is 3.94. The molecule has 112 valence electrons. The van der Waals surface area contributed by atoms with Gasteiger partial charge in [-0.25, -0.2) is 0 Å². The smallest absolute Gasteiger partial charge is 0.0574 e. The molecule has 0 aliphatic carbocycles. The predicted molar refractivity (Wildman–Crippen MR) is 91.3 cm³/mol. The van der Waals surface area contributed by atoms with Crippen LogP contribution in [0, 0.1) is 6.92 Å². The van der Waals surface area contributed by atoms with Gasteiger partial charge in [-0.3, -0.25) is 4.21 Å². The van der Waals surface area contributed by atoms with E-state index in [9.17, 15) is 4.21 Å². The monoisotopic (exact) mass is 301 g/mol. The van der Waals surface area contributed by atoms with Gasteiger partial charge in [0.15, 0.2) is 0 Å². The zero-order valence-corrected chi connectivity index (χ0v) is 13.8. The molecule has 1 atom stereocenters. The van der Waals surface area contributed by atoms with E-state index < -0.39 is 10.8 Å². The van der Waals surface area contributed by atoms with Crippen LogP contribution in [0.3, 0.4) is 0 Å². The molecular weight excluding hydrogens is 278 g/mol. The number of hydrogen-bond donors (Lipinski definition) is 0. The molecule has 0 aliphatic rings. The Labute approximate surface area is 130 Å². The summed E-state index contributed by atoms with van der Waals surface area (Å²) in [7, 11) is -0.989. The second kappa shape index (κ2) is 7.41. The van der Waals surface area contributed by atoms with Crippen molar-refractivity contribution in [3.8, 4) is 0 Å². The van der Waals surface area contributed by atoms with Crippen molar-refractivity contribution in [1.82, 2.24) is 0 Å². The molecule has 0 aliphatic heterocycles. The van der Waals surface area contributed by atoms with E-state index in [2.05, 4.69) is 43.9 Å². The van der Waals surface area contributed by atoms with E-state index in [-0.39, 0.29) is 0 Å². The molecule has 0 fully saturated rings. The maximum absolute atomic E-state index is 12.5. The molecule has 0 bridgehead atoms. The van der Waals surface area contributed by atoms with Crippen molar-refractivity contribution < 1.29 is 4.21 Å². The first-order valence-corrected chi connectivity index (χ1v) is 8.75. The Morgan fingerprint density at radius 3 is 2.29 bits per heavy atom. The number of anilines is 1. The summed E-state index contributed by atoms with van der Waals surface area (Å²) in [4.78, 5) is 3.21. The zero-order valence-electron chi connectivity index (χ0n) is 13.0. The molecule has 0 radical (unpaired) electrons. The van der Waals surface area contributed by atoms with Crippen molar-refractivity contribution >= 4 is 16.5 Å². The van der Waals surface area contributed by atoms with Gasteiger partial charge in [0, 0.05) is 23.7 Å². The lowest BCUT2D eigenvalue weighted by Gasteiger charge is -2.22. The molecule has 0 N–H and O–H groups in total. The van der Waals surface area contributed by atoms with E-state index in [1.165, 1.54) is 16.8 Å². The van der Waals surface area contributed by atoms with Crippen molar-refractivity contribution in [3.63, 3.8) is 0 Å². The first-order chi connectivity index (χ1) is 10.2. The third-order valence-corrected chi connectivity index (χ3v) is 5.13. The van der Waals surface area contributed by atoms with Gasteiger partial charge in [-0.1, -0.05) is 24.3 Å². The van der Waals surface area contributed by atoms with Crippen molar-refractivity contribution in [2.75, 3.05) is 18.0 Å². The van der Waals surface area contributed by atoms with Crippen LogP contribution in [0.2, 0.25) is 0 Å². The van der Waals surface area contributed by atoms with Gasteiger partial charge in [0.25, 0.3) is 0 Å². The molecule has 21 heavy (non-hydrogen) atoms. The fourth-order valence-corrected chi connectivity index (χ4v) is 3.62. The highest BCUT2D eigenvalue weighted by molar-refractivity contribution is 7.84. The van der Waals surface area contributed by atoms with Crippen LogP contribution in [-0.4, -0.2) is 17.3 Å². The number of nitrogens with zero attached hydrogens (tertiary/aromatic N) is 1. The van der Waals surface area contributed by atoms with Crippen LogP contribution in [0.5, 0.6) is 0 Å². The Hall–Kier alpha value is -1.61. The van der Waals surface area contributed by atoms with Crippen LogP contribution in [0.4, 0.5) is 5.69 Å². The average molecular weight is 301 g/mol. The van der Waals surface area contributed by atoms with Crippen LogP contribution in [0.1, 0.15) is 25.0 Å². The Morgan fingerprint density at radius 2 is 1.67 bits per heavy atom. The molecule has 0 amide bonds. The van der Waals surface area contributed by atoms with Crippen LogP contribution >= 0.6 is 0 Å². The summed E-state index contributed by atoms with van der Waals surface area (Å²) >= 11 is 0. The Kier molecular flexibility index (Phi) is 5.57. The Morgan fingerprint density at radius 1 is 1.00 bits per heavy atom. The van der Waals surface area contributed by atoms with Gasteiger partial charge < -0.3 is 4.90 Å². The SMILES string of the molecule is CCN(CC)c1ccc(C)c(CS(=O)c2ccccc2)c1. The summed E-state index contributed by atoms with van der Waals surface area (Å²) in [5.74, 6) is 0.574. The maximum atomic E-state index is 12.5. The van der Waals surface area contributed by atoms with Gasteiger partial charge >= 0.3 is 0 Å². The largest absolute Gasteiger partial charge is 0.372 e. The van der Waals surface area contributed by atoms with E-state index in [1.807, 2.05) is 30.3 Å². The minimum absolute atomic E-state index is 0.574. The van der Waals surface area contributed by atoms with E-state index in [0.717, 1.165) is 18.0 Å². The molecule has 0 saturated heterocycles. The topological polar surface area (TPSA) is 20.3 Å². The maximum Gasteiger partial charge on any atom is 0.0574 e. The van der Waals surface area contributed by atoms with Gasteiger partial charge in [0.2, 0.25) is 0 Å². The Bertz CT molecular complexity index is 606. The lowest BCUT2D eigenvalue weighted by atomic mass is 10.1. The summed E-state index contributed by atoms with van der Waals surface area (Å²) < 4.78 is 12.5. The fourth-order valence-electron chi connectivity index (χ4n) is 2.40. The predicted octanol–water partition coefficient (Wildman–Crippen LogP) is 4.15. The summed E-state index contributed by atoms with van der Waals surface area (Å²) in [5.41, 5.74) is 3.59. The summed E-state index contributed by atoms with van der Waals surface area (Å²) in [6.07, 6.45) is 0. The quantitative estimate of drug-likeness (QED) is 0.799. The molecule has 1 unspecified atom stereocenters. The van der Waals surface area contributed by atoms with Crippen molar-refractivity contribution in [1.29, 1.82) is 0 Å². The summed E-state index contributed by atoms with van der Waals surface area (Å²) in [5, 5.41) is 0. The van der Waals surface area contributed by atoms with Crippen molar-refractivity contribution in [2.45, 2.75) is 31.4 Å². The average Bonchev–Trinajstić information content (AvgIpc) is 2.52. The number of benzene rings is 2. The van der Waals surface area contributed by atoms with Crippen LogP contribution in [-0.2, 0) is 16.6 Å². The van der Waals surface area contributed by atoms with Gasteiger partial charge in [0.1, 0.15) is 0 Å². The number of hydrogen-bond acceptors (Lipinski definition) is 2. The van der Waals surface area contributed by atoms with Gasteiger partial charge in [-0.2, -0.15) is 0 Å². The number of rotatable bonds is 6. The van der Waals surface area contributed by atoms with Gasteiger partial charge in [-0.15, -0.1) is 0 Å². The highest BCUT2D eigenvalue weighted by atomic mass is 32.2. The molecule has 2 aromatic carbocycles. The first kappa shape index (κ1) is 15.8. The second-order valence-corrected chi connectivity index (χ2v) is 6.54. The van der Waals surface area contributed by atoms with Crippen LogP contribution < -0.4 is 4.90 Å². The second-order valence-electron chi connectivity index (χ2n) is 5.09. The highest BCUT2D eigenvalue weighted by Crippen LogP contribution is 2.22. The van der Waals surface area contributed by atoms with Crippen molar-refractivity contribution in [3.05, 3.63) is 59.7 Å². The molecule has 2 nitrogen and oxygen atoms in total. The minimum Gasteiger partial charge on any atom is -0.372 e. The van der Waals surface area contributed by atoms with E-state index in [4.69, 9.17) is 0 Å². The molecular formula is C18H23NOS. The number of aryl methyl sites for hydroxylation is 1. The van der Waals surface area contributed by atoms with Crippen molar-refractivity contribution in [2.24, 2.45) is 0 Å². The van der Waals surface area contributed by atoms with E-state index in [1.54, 1.807) is 0 Å². The zero-order chi connectivity index (χ0) is 15.2. The Balaban J connectivity index is 2.23. The third-order valence-electron chi connectivity index (χ3n) is 3.75. The molecule has 0 heterocycles. The normalized spacial score (nSPS) is 12.1. The molecule has 2 rings (SSSR count). The highest BCUT2D eigenvalue weighted by Gasteiger charge is 2.09. The van der Waals surface area contributed by atoms with Crippen LogP contribution in [0.25, 0.3) is 0 Å². The minimum atomic E-state index is -0.989. The molecule has 0 spiro atoms. The standard InChI is InChI=1S/C18H23NOS/c1-4-19(5-2)17-12-11-15(3)16(13-17)14-21(20)18-9-7-6-8-10-18/h6-13H,4-5,14H2,1-3H3. The molecule has 2 aromatic rings. The van der Waals surface area contributed by atoms with E-state index in [0.29, 0.717) is 5.75 Å². The van der Waals surface area contributed by atoms with E-state index >= 15 is 0 Å². The fraction of sp³-hybridized carbons (Fsp3) is 0.333. The molecule has 0 saturated carbocycles. The summed E-state index contributed by atoms with van der Waals surface area (Å²) in [6, 6.07) is 16.1. The van der Waals surface area contributed by atoms with Crippen LogP contribution in [0.15, 0.2) is 53.4 Å². The molecule has 0 aromatic heterocycles. The van der Waals surface area contributed by atoms with Gasteiger partial charge in [-0.05, 0) is 56.2 Å². The molecule has 3 heteroatoms. The summed E-state index contributed by atoms with van der Waals surface area (Å²) in [6.45, 7) is 8.38. The lowest BCUT2D eigenvalue weighted by molar-refractivity contribution is 0.682. The lowest BCUT2D eigenvalue weighted by Crippen LogP contribution is -2.22.